The normalized spacial score (nSPS) is 22.2. The monoisotopic (exact) mass is 254 g/mol. The molecule has 0 aliphatic carbocycles. The van der Waals surface area contributed by atoms with Gasteiger partial charge in [0.2, 0.25) is 0 Å². The Kier molecular flexibility index (Phi) is 4.48. The lowest BCUT2D eigenvalue weighted by Crippen LogP contribution is -2.39. The first-order valence-corrected chi connectivity index (χ1v) is 7.43. The molecule has 1 aromatic heterocycles. The lowest BCUT2D eigenvalue weighted by Gasteiger charge is -2.32. The summed E-state index contributed by atoms with van der Waals surface area (Å²) in [6.45, 7) is 3.76. The second kappa shape index (κ2) is 5.89. The fourth-order valence-corrected chi connectivity index (χ4v) is 3.75. The molecule has 1 aliphatic rings. The average molecular weight is 254 g/mol. The molecule has 0 amide bonds. The number of aromatic nitrogens is 2. The molecule has 1 aliphatic heterocycles. The molecule has 17 heavy (non-hydrogen) atoms. The summed E-state index contributed by atoms with van der Waals surface area (Å²) in [5.41, 5.74) is 7.21. The van der Waals surface area contributed by atoms with Gasteiger partial charge in [-0.1, -0.05) is 0 Å². The van der Waals surface area contributed by atoms with E-state index in [1.807, 2.05) is 24.3 Å². The van der Waals surface area contributed by atoms with Crippen LogP contribution in [0.3, 0.4) is 0 Å². The Balaban J connectivity index is 2.14. The zero-order valence-corrected chi connectivity index (χ0v) is 11.5. The van der Waals surface area contributed by atoms with Crippen molar-refractivity contribution in [1.82, 2.24) is 14.5 Å². The Bertz CT molecular complexity index is 346. The summed E-state index contributed by atoms with van der Waals surface area (Å²) in [5.74, 6) is 2.51. The van der Waals surface area contributed by atoms with Crippen molar-refractivity contribution in [3.63, 3.8) is 0 Å². The fraction of sp³-hybridized carbons (Fsp3) is 0.750. The van der Waals surface area contributed by atoms with E-state index in [9.17, 15) is 0 Å². The maximum Gasteiger partial charge on any atom is 0.0948 e. The molecule has 0 saturated carbocycles. The number of nitrogens with two attached hydrogens (primary N) is 1. The Labute approximate surface area is 108 Å². The van der Waals surface area contributed by atoms with Crippen molar-refractivity contribution >= 4 is 11.8 Å². The number of hydrogen-bond donors (Lipinski definition) is 1. The minimum atomic E-state index is 0.293. The van der Waals surface area contributed by atoms with Gasteiger partial charge in [-0.25, -0.2) is 4.98 Å². The largest absolute Gasteiger partial charge is 0.333 e. The highest BCUT2D eigenvalue weighted by molar-refractivity contribution is 7.99. The van der Waals surface area contributed by atoms with Crippen molar-refractivity contribution in [2.75, 3.05) is 25.1 Å². The van der Waals surface area contributed by atoms with Gasteiger partial charge in [0, 0.05) is 31.1 Å². The number of nitrogens with zero attached hydrogens (tertiary/aromatic N) is 3. The molecule has 0 spiro atoms. The molecule has 4 nitrogen and oxygen atoms in total. The SMILES string of the molecule is CCn1cncc1C(CN)N(C)C1CCSC1. The summed E-state index contributed by atoms with van der Waals surface area (Å²) in [4.78, 5) is 6.68. The van der Waals surface area contributed by atoms with Crippen molar-refractivity contribution in [2.45, 2.75) is 32.0 Å². The number of rotatable bonds is 5. The second-order valence-electron chi connectivity index (χ2n) is 4.54. The van der Waals surface area contributed by atoms with Crippen LogP contribution in [-0.2, 0) is 6.54 Å². The number of aryl methyl sites for hydroxylation is 1. The van der Waals surface area contributed by atoms with Gasteiger partial charge in [-0.05, 0) is 26.1 Å². The molecule has 0 radical (unpaired) electrons. The highest BCUT2D eigenvalue weighted by Gasteiger charge is 2.27. The molecule has 1 aromatic rings. The van der Waals surface area contributed by atoms with Gasteiger partial charge in [0.15, 0.2) is 0 Å². The van der Waals surface area contributed by atoms with Gasteiger partial charge in [0.1, 0.15) is 0 Å². The van der Waals surface area contributed by atoms with E-state index in [1.165, 1.54) is 23.6 Å². The Hall–Kier alpha value is -0.520. The van der Waals surface area contributed by atoms with Gasteiger partial charge in [0.25, 0.3) is 0 Å². The van der Waals surface area contributed by atoms with E-state index in [0.29, 0.717) is 18.6 Å². The van der Waals surface area contributed by atoms with Crippen LogP contribution < -0.4 is 5.73 Å². The number of hydrogen-bond acceptors (Lipinski definition) is 4. The maximum absolute atomic E-state index is 5.97. The predicted octanol–water partition coefficient (Wildman–Crippen LogP) is 1.34. The number of thioether (sulfide) groups is 1. The van der Waals surface area contributed by atoms with E-state index in [2.05, 4.69) is 28.4 Å². The molecule has 96 valence electrons. The van der Waals surface area contributed by atoms with Gasteiger partial charge in [0.05, 0.1) is 18.1 Å². The number of imidazole rings is 1. The van der Waals surface area contributed by atoms with Crippen LogP contribution in [0, 0.1) is 0 Å². The Morgan fingerprint density at radius 3 is 3.12 bits per heavy atom. The molecule has 1 saturated heterocycles. The molecule has 2 unspecified atom stereocenters. The molecule has 2 heterocycles. The summed E-state index contributed by atoms with van der Waals surface area (Å²) >= 11 is 2.04. The zero-order valence-electron chi connectivity index (χ0n) is 10.7. The lowest BCUT2D eigenvalue weighted by molar-refractivity contribution is 0.186. The van der Waals surface area contributed by atoms with Crippen LogP contribution in [0.4, 0.5) is 0 Å². The third-order valence-electron chi connectivity index (χ3n) is 3.62. The highest BCUT2D eigenvalue weighted by atomic mass is 32.2. The second-order valence-corrected chi connectivity index (χ2v) is 5.69. The van der Waals surface area contributed by atoms with Crippen molar-refractivity contribution in [3.05, 3.63) is 18.2 Å². The van der Waals surface area contributed by atoms with E-state index in [0.717, 1.165) is 6.54 Å². The van der Waals surface area contributed by atoms with E-state index in [4.69, 9.17) is 5.73 Å². The fourth-order valence-electron chi connectivity index (χ4n) is 2.47. The van der Waals surface area contributed by atoms with Crippen LogP contribution in [0.5, 0.6) is 0 Å². The standard InChI is InChI=1S/C12H22N4S/c1-3-16-9-14-7-12(16)11(6-13)15(2)10-4-5-17-8-10/h7,9-11H,3-6,8,13H2,1-2H3. The Morgan fingerprint density at radius 1 is 1.71 bits per heavy atom. The van der Waals surface area contributed by atoms with E-state index >= 15 is 0 Å². The maximum atomic E-state index is 5.97. The predicted molar refractivity (Wildman–Crippen MR) is 73.2 cm³/mol. The van der Waals surface area contributed by atoms with Crippen LogP contribution in [0.2, 0.25) is 0 Å². The lowest BCUT2D eigenvalue weighted by atomic mass is 10.1. The van der Waals surface area contributed by atoms with E-state index < -0.39 is 0 Å². The topological polar surface area (TPSA) is 47.1 Å². The van der Waals surface area contributed by atoms with Crippen molar-refractivity contribution in [3.8, 4) is 0 Å². The summed E-state index contributed by atoms with van der Waals surface area (Å²) < 4.78 is 2.19. The van der Waals surface area contributed by atoms with Gasteiger partial charge in [-0.2, -0.15) is 11.8 Å². The summed E-state index contributed by atoms with van der Waals surface area (Å²) in [7, 11) is 2.20. The van der Waals surface area contributed by atoms with E-state index in [-0.39, 0.29) is 0 Å². The zero-order chi connectivity index (χ0) is 12.3. The molecule has 2 N–H and O–H groups in total. The number of likely N-dealkylation sites (N-methyl/N-ethyl adjacent to an activating group) is 1. The van der Waals surface area contributed by atoms with Crippen LogP contribution in [-0.4, -0.2) is 45.6 Å². The smallest absolute Gasteiger partial charge is 0.0948 e. The molecule has 0 aromatic carbocycles. The third kappa shape index (κ3) is 2.67. The first-order valence-electron chi connectivity index (χ1n) is 6.27. The molecular weight excluding hydrogens is 232 g/mol. The van der Waals surface area contributed by atoms with Gasteiger partial charge in [-0.3, -0.25) is 4.90 Å². The van der Waals surface area contributed by atoms with Crippen LogP contribution in [0.1, 0.15) is 25.1 Å². The molecular formula is C12H22N4S. The summed E-state index contributed by atoms with van der Waals surface area (Å²) in [6, 6.07) is 0.954. The summed E-state index contributed by atoms with van der Waals surface area (Å²) in [5, 5.41) is 0. The van der Waals surface area contributed by atoms with Gasteiger partial charge < -0.3 is 10.3 Å². The van der Waals surface area contributed by atoms with Crippen LogP contribution >= 0.6 is 11.8 Å². The molecule has 1 fully saturated rings. The third-order valence-corrected chi connectivity index (χ3v) is 4.77. The first kappa shape index (κ1) is 12.9. The average Bonchev–Trinajstić information content (AvgIpc) is 3.01. The first-order chi connectivity index (χ1) is 8.27. The minimum Gasteiger partial charge on any atom is -0.333 e. The van der Waals surface area contributed by atoms with Crippen molar-refractivity contribution in [2.24, 2.45) is 5.73 Å². The van der Waals surface area contributed by atoms with Crippen molar-refractivity contribution < 1.29 is 0 Å². The van der Waals surface area contributed by atoms with Crippen molar-refractivity contribution in [1.29, 1.82) is 0 Å². The highest BCUT2D eigenvalue weighted by Crippen LogP contribution is 2.28. The minimum absolute atomic E-state index is 0.293. The van der Waals surface area contributed by atoms with Crippen LogP contribution in [0.15, 0.2) is 12.5 Å². The molecule has 0 bridgehead atoms. The van der Waals surface area contributed by atoms with E-state index in [1.54, 1.807) is 0 Å². The van der Waals surface area contributed by atoms with Gasteiger partial charge in [-0.15, -0.1) is 0 Å². The summed E-state index contributed by atoms with van der Waals surface area (Å²) in [6.07, 6.45) is 5.13. The quantitative estimate of drug-likeness (QED) is 0.861. The van der Waals surface area contributed by atoms with Gasteiger partial charge >= 0.3 is 0 Å². The van der Waals surface area contributed by atoms with Crippen LogP contribution in [0.25, 0.3) is 0 Å². The Morgan fingerprint density at radius 2 is 2.53 bits per heavy atom. The molecule has 2 atom stereocenters. The molecule has 2 rings (SSSR count). The molecule has 5 heteroatoms.